The molecule has 5 rings (SSSR count). The van der Waals surface area contributed by atoms with E-state index in [2.05, 4.69) is 34.4 Å². The first-order valence-corrected chi connectivity index (χ1v) is 17.4. The lowest BCUT2D eigenvalue weighted by molar-refractivity contribution is -0.161. The molecule has 3 amide bonds. The van der Waals surface area contributed by atoms with Gasteiger partial charge in [0.15, 0.2) is 0 Å². The van der Waals surface area contributed by atoms with Crippen LogP contribution in [0.25, 0.3) is 0 Å². The molecule has 8 atom stereocenters. The summed E-state index contributed by atoms with van der Waals surface area (Å²) >= 11 is 3.72. The van der Waals surface area contributed by atoms with Crippen molar-refractivity contribution in [1.82, 2.24) is 15.1 Å². The van der Waals surface area contributed by atoms with Gasteiger partial charge in [-0.1, -0.05) is 77.7 Å². The maximum absolute atomic E-state index is 14.7. The molecule has 1 spiro atoms. The fraction of sp³-hybridized carbons (Fsp3) is 0.600. The highest BCUT2D eigenvalue weighted by Gasteiger charge is 2.77. The van der Waals surface area contributed by atoms with E-state index in [0.717, 1.165) is 32.1 Å². The molecule has 10 nitrogen and oxygen atoms in total. The second-order valence-corrected chi connectivity index (χ2v) is 14.2. The summed E-state index contributed by atoms with van der Waals surface area (Å²) in [4.78, 5) is 58.6. The van der Waals surface area contributed by atoms with E-state index in [1.807, 2.05) is 35.2 Å². The third-order valence-corrected chi connectivity index (χ3v) is 10.9. The van der Waals surface area contributed by atoms with Gasteiger partial charge in [-0.25, -0.2) is 0 Å². The van der Waals surface area contributed by atoms with Crippen molar-refractivity contribution >= 4 is 39.6 Å². The lowest BCUT2D eigenvalue weighted by atomic mass is 9.70. The Balaban J connectivity index is 1.46. The molecule has 0 aromatic heterocycles. The Morgan fingerprint density at radius 2 is 1.91 bits per heavy atom. The third-order valence-electron chi connectivity index (χ3n) is 10.1. The molecule has 1 aromatic carbocycles. The van der Waals surface area contributed by atoms with E-state index >= 15 is 0 Å². The summed E-state index contributed by atoms with van der Waals surface area (Å²) < 4.78 is 12.8. The van der Waals surface area contributed by atoms with Crippen LogP contribution in [-0.4, -0.2) is 93.0 Å². The number of aliphatic hydroxyl groups excluding tert-OH is 1. The van der Waals surface area contributed by atoms with Crippen LogP contribution < -0.4 is 5.32 Å². The predicted molar refractivity (Wildman–Crippen MR) is 176 cm³/mol. The van der Waals surface area contributed by atoms with Crippen molar-refractivity contribution in [3.8, 4) is 0 Å². The second-order valence-electron chi connectivity index (χ2n) is 13.0. The number of amides is 3. The van der Waals surface area contributed by atoms with Crippen molar-refractivity contribution in [2.75, 3.05) is 19.7 Å². The van der Waals surface area contributed by atoms with E-state index in [1.54, 1.807) is 19.1 Å². The average Bonchev–Trinajstić information content (AvgIpc) is 3.67. The van der Waals surface area contributed by atoms with Gasteiger partial charge in [-0.05, 0) is 38.2 Å². The summed E-state index contributed by atoms with van der Waals surface area (Å²) in [6.07, 6.45) is 7.93. The zero-order valence-electron chi connectivity index (χ0n) is 26.5. The Morgan fingerprint density at radius 1 is 1.20 bits per heavy atom. The predicted octanol–water partition coefficient (Wildman–Crippen LogP) is 3.83. The number of benzene rings is 1. The maximum Gasteiger partial charge on any atom is 0.313 e. The minimum absolute atomic E-state index is 0.0172. The molecule has 46 heavy (non-hydrogen) atoms. The minimum atomic E-state index is -1.27. The van der Waals surface area contributed by atoms with Gasteiger partial charge in [-0.3, -0.25) is 19.2 Å². The van der Waals surface area contributed by atoms with Crippen molar-refractivity contribution in [3.05, 3.63) is 61.2 Å². The number of esters is 1. The number of aliphatic hydroxyl groups is 1. The highest BCUT2D eigenvalue weighted by atomic mass is 79.9. The fourth-order valence-corrected chi connectivity index (χ4v) is 8.87. The lowest BCUT2D eigenvalue weighted by Gasteiger charge is -2.42. The summed E-state index contributed by atoms with van der Waals surface area (Å²) in [6.45, 7) is 9.30. The van der Waals surface area contributed by atoms with Crippen LogP contribution in [0.5, 0.6) is 0 Å². The number of carbonyl (C=O) groups excluding carboxylic acids is 4. The quantitative estimate of drug-likeness (QED) is 0.172. The molecule has 3 aliphatic heterocycles. The average molecular weight is 701 g/mol. The molecule has 0 radical (unpaired) electrons. The summed E-state index contributed by atoms with van der Waals surface area (Å²) in [6, 6.07) is 7.47. The van der Waals surface area contributed by atoms with Crippen molar-refractivity contribution in [3.63, 3.8) is 0 Å². The van der Waals surface area contributed by atoms with Crippen molar-refractivity contribution < 1.29 is 33.8 Å². The van der Waals surface area contributed by atoms with Gasteiger partial charge in [-0.2, -0.15) is 0 Å². The third kappa shape index (κ3) is 6.42. The maximum atomic E-state index is 14.7. The van der Waals surface area contributed by atoms with Crippen LogP contribution in [0, 0.1) is 11.8 Å². The number of nitrogens with zero attached hydrogens (tertiary/aromatic N) is 2. The molecule has 250 valence electrons. The first-order chi connectivity index (χ1) is 22.2. The Kier molecular flexibility index (Phi) is 11.1. The molecule has 1 unspecified atom stereocenters. The Labute approximate surface area is 279 Å². The number of halogens is 1. The molecular weight excluding hydrogens is 654 g/mol. The van der Waals surface area contributed by atoms with E-state index in [4.69, 9.17) is 9.47 Å². The van der Waals surface area contributed by atoms with E-state index in [1.165, 1.54) is 4.90 Å². The van der Waals surface area contributed by atoms with Crippen LogP contribution >= 0.6 is 15.9 Å². The van der Waals surface area contributed by atoms with Crippen LogP contribution in [-0.2, 0) is 28.7 Å². The summed E-state index contributed by atoms with van der Waals surface area (Å²) in [5.74, 6) is -3.38. The van der Waals surface area contributed by atoms with Crippen LogP contribution in [0.15, 0.2) is 55.6 Å². The number of rotatable bonds is 14. The normalized spacial score (nSPS) is 29.9. The molecule has 11 heteroatoms. The number of allylic oxidation sites excluding steroid dienone is 1. The highest BCUT2D eigenvalue weighted by molar-refractivity contribution is 9.09. The zero-order chi connectivity index (χ0) is 33.0. The van der Waals surface area contributed by atoms with Crippen LogP contribution in [0.3, 0.4) is 0 Å². The number of ether oxygens (including phenoxy) is 2. The summed E-state index contributed by atoms with van der Waals surface area (Å²) in [5.41, 5.74) is -0.571. The van der Waals surface area contributed by atoms with Crippen LogP contribution in [0.1, 0.15) is 70.0 Å². The van der Waals surface area contributed by atoms with Gasteiger partial charge in [-0.15, -0.1) is 13.2 Å². The fourth-order valence-electron chi connectivity index (χ4n) is 7.93. The number of nitrogens with one attached hydrogen (secondary N) is 1. The Bertz CT molecular complexity index is 1300. The molecular formula is C35H46BrN3O7. The number of hydrogen-bond donors (Lipinski definition) is 2. The number of alkyl halides is 1. The molecule has 1 aliphatic carbocycles. The van der Waals surface area contributed by atoms with Gasteiger partial charge >= 0.3 is 5.97 Å². The Morgan fingerprint density at radius 3 is 2.57 bits per heavy atom. The summed E-state index contributed by atoms with van der Waals surface area (Å²) in [7, 11) is 0. The van der Waals surface area contributed by atoms with Crippen molar-refractivity contribution in [1.29, 1.82) is 0 Å². The smallest absolute Gasteiger partial charge is 0.313 e. The standard InChI is InChI=1S/C35H46BrN3O7/c1-4-6-17-27(41)37-20-26(23-13-9-7-10-14-23)45-34(44)28-29-32(42)39(22(3)21-40)31(35(29)19-25(36)30(28)46-35)33(43)38(18-5-2)24-15-11-8-12-16-24/h4-5,7,9-10,13-14,22,24-26,28-31,40H,1-2,6,8,11-12,15-21H2,3H3,(H,37,41)/t22-,25?,26+,28+,29-,30+,31+,35-/m1/s1. The van der Waals surface area contributed by atoms with Gasteiger partial charge in [0.25, 0.3) is 0 Å². The number of carbonyl (C=O) groups is 4. The monoisotopic (exact) mass is 699 g/mol. The minimum Gasteiger partial charge on any atom is -0.455 e. The molecule has 1 aromatic rings. The van der Waals surface area contributed by atoms with Gasteiger partial charge in [0.2, 0.25) is 17.7 Å². The topological polar surface area (TPSA) is 125 Å². The first-order valence-electron chi connectivity index (χ1n) is 16.5. The molecule has 4 fully saturated rings. The van der Waals surface area contributed by atoms with Crippen molar-refractivity contribution in [2.24, 2.45) is 11.8 Å². The van der Waals surface area contributed by atoms with Crippen LogP contribution in [0.4, 0.5) is 0 Å². The van der Waals surface area contributed by atoms with E-state index in [-0.39, 0.29) is 48.2 Å². The number of likely N-dealkylation sites (tertiary alicyclic amines) is 1. The van der Waals surface area contributed by atoms with Crippen LogP contribution in [0.2, 0.25) is 0 Å². The molecule has 2 N–H and O–H groups in total. The van der Waals surface area contributed by atoms with Gasteiger partial charge < -0.3 is 29.7 Å². The zero-order valence-corrected chi connectivity index (χ0v) is 28.1. The molecule has 3 saturated heterocycles. The lowest BCUT2D eigenvalue weighted by Crippen LogP contribution is -2.60. The van der Waals surface area contributed by atoms with E-state index in [9.17, 15) is 24.3 Å². The first kappa shape index (κ1) is 34.3. The highest BCUT2D eigenvalue weighted by Crippen LogP contribution is 2.61. The molecule has 3 heterocycles. The molecule has 1 saturated carbocycles. The van der Waals surface area contributed by atoms with Gasteiger partial charge in [0.1, 0.15) is 17.7 Å². The van der Waals surface area contributed by atoms with E-state index in [0.29, 0.717) is 24.9 Å². The second kappa shape index (κ2) is 14.8. The Hall–Kier alpha value is -3.02. The summed E-state index contributed by atoms with van der Waals surface area (Å²) in [5, 5.41) is 13.1. The van der Waals surface area contributed by atoms with Gasteiger partial charge in [0, 0.05) is 23.8 Å². The van der Waals surface area contributed by atoms with Gasteiger partial charge in [0.05, 0.1) is 37.1 Å². The largest absolute Gasteiger partial charge is 0.455 e. The number of fused-ring (bicyclic) bond motifs is 1. The number of hydrogen-bond acceptors (Lipinski definition) is 7. The SMILES string of the molecule is C=CCCC(=O)NC[C@H](OC(=O)[C@@H]1[C@H]2O[C@@]3(CC2Br)[C@H](C(=O)N(CC=C)C2CCCCC2)N([C@H](C)CO)C(=O)[C@@H]13)c1ccccc1. The molecule has 4 aliphatic rings. The van der Waals surface area contributed by atoms with Crippen molar-refractivity contribution in [2.45, 2.75) is 99.1 Å². The molecule has 2 bridgehead atoms. The van der Waals surface area contributed by atoms with E-state index < -0.39 is 47.7 Å².